The van der Waals surface area contributed by atoms with Crippen LogP contribution in [0.2, 0.25) is 0 Å². The first-order valence-electron chi connectivity index (χ1n) is 9.03. The van der Waals surface area contributed by atoms with E-state index in [2.05, 4.69) is 4.90 Å². The third-order valence-electron chi connectivity index (χ3n) is 5.08. The molecule has 2 heterocycles. The summed E-state index contributed by atoms with van der Waals surface area (Å²) in [5, 5.41) is 0. The molecule has 0 aliphatic carbocycles. The van der Waals surface area contributed by atoms with E-state index in [1.165, 1.54) is 24.1 Å². The topological polar surface area (TPSA) is 32.8 Å². The van der Waals surface area contributed by atoms with Gasteiger partial charge in [0.15, 0.2) is 0 Å². The van der Waals surface area contributed by atoms with Gasteiger partial charge in [0.1, 0.15) is 5.82 Å². The van der Waals surface area contributed by atoms with Gasteiger partial charge in [-0.1, -0.05) is 12.1 Å². The Morgan fingerprint density at radius 2 is 1.92 bits per heavy atom. The van der Waals surface area contributed by atoms with Crippen LogP contribution in [0.3, 0.4) is 0 Å². The van der Waals surface area contributed by atoms with E-state index in [1.807, 2.05) is 17.0 Å². The van der Waals surface area contributed by atoms with E-state index in [1.54, 1.807) is 0 Å². The molecule has 0 unspecified atom stereocenters. The zero-order valence-corrected chi connectivity index (χ0v) is 14.3. The summed E-state index contributed by atoms with van der Waals surface area (Å²) in [5.41, 5.74) is 1.19. The van der Waals surface area contributed by atoms with E-state index < -0.39 is 0 Å². The highest BCUT2D eigenvalue weighted by Gasteiger charge is 2.24. The molecule has 24 heavy (non-hydrogen) atoms. The van der Waals surface area contributed by atoms with Crippen molar-refractivity contribution in [1.82, 2.24) is 9.80 Å². The smallest absolute Gasteiger partial charge is 0.236 e. The lowest BCUT2D eigenvalue weighted by Crippen LogP contribution is -2.47. The number of ether oxygens (including phenoxy) is 1. The Balaban J connectivity index is 1.43. The number of halogens is 1. The van der Waals surface area contributed by atoms with E-state index in [0.717, 1.165) is 45.4 Å². The van der Waals surface area contributed by atoms with Gasteiger partial charge in [0.25, 0.3) is 0 Å². The molecule has 0 saturated carbocycles. The summed E-state index contributed by atoms with van der Waals surface area (Å²) in [6, 6.07) is 6.81. The third-order valence-corrected chi connectivity index (χ3v) is 5.08. The molecule has 0 bridgehead atoms. The van der Waals surface area contributed by atoms with Crippen LogP contribution >= 0.6 is 0 Å². The van der Waals surface area contributed by atoms with E-state index in [0.29, 0.717) is 25.7 Å². The van der Waals surface area contributed by atoms with Gasteiger partial charge >= 0.3 is 0 Å². The third kappa shape index (κ3) is 5.02. The van der Waals surface area contributed by atoms with Crippen LogP contribution in [0, 0.1) is 11.7 Å². The number of carbonyl (C=O) groups excluding carboxylic acids is 1. The lowest BCUT2D eigenvalue weighted by Gasteiger charge is -2.34. The molecule has 4 nitrogen and oxygen atoms in total. The van der Waals surface area contributed by atoms with E-state index in [4.69, 9.17) is 4.74 Å². The van der Waals surface area contributed by atoms with Crippen LogP contribution in [0.4, 0.5) is 4.39 Å². The van der Waals surface area contributed by atoms with Crippen LogP contribution in [-0.4, -0.2) is 61.6 Å². The number of rotatable bonds is 5. The van der Waals surface area contributed by atoms with Crippen molar-refractivity contribution in [2.24, 2.45) is 5.92 Å². The van der Waals surface area contributed by atoms with Crippen molar-refractivity contribution in [3.63, 3.8) is 0 Å². The van der Waals surface area contributed by atoms with Crippen LogP contribution in [0.5, 0.6) is 0 Å². The fourth-order valence-corrected chi connectivity index (χ4v) is 3.66. The zero-order valence-electron chi connectivity index (χ0n) is 14.3. The minimum absolute atomic E-state index is 0.177. The van der Waals surface area contributed by atoms with Crippen LogP contribution in [-0.2, 0) is 16.0 Å². The van der Waals surface area contributed by atoms with Crippen molar-refractivity contribution >= 4 is 5.91 Å². The number of benzene rings is 1. The lowest BCUT2D eigenvalue weighted by molar-refractivity contribution is -0.136. The molecule has 5 heteroatoms. The maximum atomic E-state index is 13.0. The molecule has 2 aliphatic rings. The largest absolute Gasteiger partial charge is 0.378 e. The maximum Gasteiger partial charge on any atom is 0.236 e. The van der Waals surface area contributed by atoms with Crippen molar-refractivity contribution in [2.75, 3.05) is 45.9 Å². The summed E-state index contributed by atoms with van der Waals surface area (Å²) in [4.78, 5) is 16.6. The Labute approximate surface area is 143 Å². The van der Waals surface area contributed by atoms with Crippen LogP contribution < -0.4 is 0 Å². The SMILES string of the molecule is O=C(CN1CCC[C@H](CCc2ccc(F)cc2)C1)N1CCOCC1. The number of amides is 1. The molecule has 0 radical (unpaired) electrons. The molecule has 0 N–H and O–H groups in total. The van der Waals surface area contributed by atoms with Gasteiger partial charge in [-0.05, 0) is 55.8 Å². The number of nitrogens with zero attached hydrogens (tertiary/aromatic N) is 2. The molecule has 1 atom stereocenters. The second-order valence-corrected chi connectivity index (χ2v) is 6.90. The van der Waals surface area contributed by atoms with Crippen LogP contribution in [0.25, 0.3) is 0 Å². The number of hydrogen-bond acceptors (Lipinski definition) is 3. The summed E-state index contributed by atoms with van der Waals surface area (Å²) < 4.78 is 18.3. The summed E-state index contributed by atoms with van der Waals surface area (Å²) in [5.74, 6) is 0.683. The predicted octanol–water partition coefficient (Wildman–Crippen LogP) is 2.33. The summed E-state index contributed by atoms with van der Waals surface area (Å²) in [7, 11) is 0. The Morgan fingerprint density at radius 3 is 2.67 bits per heavy atom. The second kappa shape index (κ2) is 8.58. The maximum absolute atomic E-state index is 13.0. The highest BCUT2D eigenvalue weighted by molar-refractivity contribution is 5.78. The van der Waals surface area contributed by atoms with Crippen molar-refractivity contribution in [1.29, 1.82) is 0 Å². The molecule has 2 aliphatic heterocycles. The lowest BCUT2D eigenvalue weighted by atomic mass is 9.91. The van der Waals surface area contributed by atoms with E-state index in [9.17, 15) is 9.18 Å². The number of piperidine rings is 1. The van der Waals surface area contributed by atoms with Gasteiger partial charge in [0.2, 0.25) is 5.91 Å². The fourth-order valence-electron chi connectivity index (χ4n) is 3.66. The van der Waals surface area contributed by atoms with Crippen molar-refractivity contribution < 1.29 is 13.9 Å². The molecule has 2 fully saturated rings. The Hall–Kier alpha value is -1.46. The minimum atomic E-state index is -0.177. The highest BCUT2D eigenvalue weighted by atomic mass is 19.1. The molecule has 0 aromatic heterocycles. The molecule has 1 aromatic rings. The number of carbonyl (C=O) groups is 1. The predicted molar refractivity (Wildman–Crippen MR) is 91.3 cm³/mol. The summed E-state index contributed by atoms with van der Waals surface area (Å²) in [6.07, 6.45) is 4.47. The van der Waals surface area contributed by atoms with E-state index >= 15 is 0 Å². The Kier molecular flexibility index (Phi) is 6.21. The Morgan fingerprint density at radius 1 is 1.17 bits per heavy atom. The molecule has 1 aromatic carbocycles. The first-order chi connectivity index (χ1) is 11.7. The monoisotopic (exact) mass is 334 g/mol. The zero-order chi connectivity index (χ0) is 16.8. The van der Waals surface area contributed by atoms with Crippen molar-refractivity contribution in [2.45, 2.75) is 25.7 Å². The van der Waals surface area contributed by atoms with Crippen molar-refractivity contribution in [3.8, 4) is 0 Å². The first-order valence-corrected chi connectivity index (χ1v) is 9.03. The number of likely N-dealkylation sites (tertiary alicyclic amines) is 1. The van der Waals surface area contributed by atoms with Gasteiger partial charge in [-0.3, -0.25) is 9.69 Å². The number of aryl methyl sites for hydroxylation is 1. The first kappa shape index (κ1) is 17.4. The average molecular weight is 334 g/mol. The Bertz CT molecular complexity index is 529. The van der Waals surface area contributed by atoms with E-state index in [-0.39, 0.29) is 11.7 Å². The highest BCUT2D eigenvalue weighted by Crippen LogP contribution is 2.21. The molecular formula is C19H27FN2O2. The molecule has 1 amide bonds. The summed E-state index contributed by atoms with van der Waals surface area (Å²) in [6.45, 7) is 5.31. The van der Waals surface area contributed by atoms with Gasteiger partial charge in [0.05, 0.1) is 19.8 Å². The molecular weight excluding hydrogens is 307 g/mol. The van der Waals surface area contributed by atoms with Gasteiger partial charge in [-0.2, -0.15) is 0 Å². The fraction of sp³-hybridized carbons (Fsp3) is 0.632. The summed E-state index contributed by atoms with van der Waals surface area (Å²) >= 11 is 0. The number of hydrogen-bond donors (Lipinski definition) is 0. The van der Waals surface area contributed by atoms with Crippen molar-refractivity contribution in [3.05, 3.63) is 35.6 Å². The normalized spacial score (nSPS) is 22.5. The quantitative estimate of drug-likeness (QED) is 0.828. The number of morpholine rings is 1. The van der Waals surface area contributed by atoms with Crippen LogP contribution in [0.15, 0.2) is 24.3 Å². The second-order valence-electron chi connectivity index (χ2n) is 6.90. The molecule has 3 rings (SSSR count). The van der Waals surface area contributed by atoms with Gasteiger partial charge in [-0.15, -0.1) is 0 Å². The standard InChI is InChI=1S/C19H27FN2O2/c20-18-7-5-16(6-8-18)3-4-17-2-1-9-21(14-17)15-19(23)22-10-12-24-13-11-22/h5-8,17H,1-4,9-15H2/t17-/m1/s1. The average Bonchev–Trinajstić information content (AvgIpc) is 2.62. The van der Waals surface area contributed by atoms with Gasteiger partial charge in [0, 0.05) is 19.6 Å². The molecule has 0 spiro atoms. The van der Waals surface area contributed by atoms with Crippen LogP contribution in [0.1, 0.15) is 24.8 Å². The molecule has 2 saturated heterocycles. The van der Waals surface area contributed by atoms with Gasteiger partial charge < -0.3 is 9.64 Å². The van der Waals surface area contributed by atoms with Gasteiger partial charge in [-0.25, -0.2) is 4.39 Å². The molecule has 132 valence electrons. The minimum Gasteiger partial charge on any atom is -0.378 e.